The second-order valence-corrected chi connectivity index (χ2v) is 5.05. The number of halogens is 1. The first kappa shape index (κ1) is 8.99. The van der Waals surface area contributed by atoms with Crippen LogP contribution in [0, 0.1) is 0 Å². The van der Waals surface area contributed by atoms with Gasteiger partial charge in [0.1, 0.15) is 11.9 Å². The van der Waals surface area contributed by atoms with Crippen molar-refractivity contribution in [3.63, 3.8) is 0 Å². The Morgan fingerprint density at radius 1 is 1.38 bits per heavy atom. The molecule has 0 amide bonds. The van der Waals surface area contributed by atoms with E-state index in [1.165, 1.54) is 11.3 Å². The Morgan fingerprint density at radius 2 is 2.23 bits per heavy atom. The minimum Gasteiger partial charge on any atom is -0.466 e. The van der Waals surface area contributed by atoms with Gasteiger partial charge in [0.25, 0.3) is 0 Å². The van der Waals surface area contributed by atoms with Crippen molar-refractivity contribution in [2.24, 2.45) is 0 Å². The summed E-state index contributed by atoms with van der Waals surface area (Å²) in [5, 5.41) is 9.79. The molecular formula is C9H7BrO2S. The van der Waals surface area contributed by atoms with Crippen molar-refractivity contribution < 1.29 is 9.52 Å². The molecule has 13 heavy (non-hydrogen) atoms. The van der Waals surface area contributed by atoms with Crippen molar-refractivity contribution in [2.45, 2.75) is 6.10 Å². The first-order chi connectivity index (χ1) is 6.27. The molecule has 2 nitrogen and oxygen atoms in total. The molecule has 0 saturated heterocycles. The summed E-state index contributed by atoms with van der Waals surface area (Å²) in [6.07, 6.45) is 0.910. The predicted molar refractivity (Wildman–Crippen MR) is 54.8 cm³/mol. The number of thiophene rings is 1. The molecule has 0 bridgehead atoms. The lowest BCUT2D eigenvalue weighted by Crippen LogP contribution is -1.93. The van der Waals surface area contributed by atoms with Crippen molar-refractivity contribution >= 4 is 27.3 Å². The highest BCUT2D eigenvalue weighted by atomic mass is 79.9. The lowest BCUT2D eigenvalue weighted by atomic mass is 10.2. The number of aliphatic hydroxyl groups excluding tert-OH is 1. The van der Waals surface area contributed by atoms with Gasteiger partial charge in [0.15, 0.2) is 0 Å². The summed E-state index contributed by atoms with van der Waals surface area (Å²) >= 11 is 4.84. The molecule has 0 aliphatic rings. The molecule has 68 valence electrons. The molecule has 2 aromatic heterocycles. The van der Waals surface area contributed by atoms with Gasteiger partial charge in [-0.15, -0.1) is 11.3 Å². The molecule has 2 heterocycles. The summed E-state index contributed by atoms with van der Waals surface area (Å²) in [5.74, 6) is 0.578. The van der Waals surface area contributed by atoms with E-state index in [9.17, 15) is 5.11 Å². The highest BCUT2D eigenvalue weighted by molar-refractivity contribution is 9.11. The van der Waals surface area contributed by atoms with Crippen LogP contribution in [0.15, 0.2) is 38.7 Å². The quantitative estimate of drug-likeness (QED) is 0.898. The third kappa shape index (κ3) is 1.85. The van der Waals surface area contributed by atoms with Crippen molar-refractivity contribution in [3.8, 4) is 0 Å². The van der Waals surface area contributed by atoms with E-state index in [1.807, 2.05) is 12.1 Å². The fraction of sp³-hybridized carbons (Fsp3) is 0.111. The number of rotatable bonds is 2. The smallest absolute Gasteiger partial charge is 0.146 e. The fourth-order valence-corrected chi connectivity index (χ4v) is 2.48. The molecule has 0 aromatic carbocycles. The zero-order valence-electron chi connectivity index (χ0n) is 6.61. The molecule has 2 rings (SSSR count). The van der Waals surface area contributed by atoms with Gasteiger partial charge in [-0.05, 0) is 40.2 Å². The minimum atomic E-state index is -0.647. The van der Waals surface area contributed by atoms with Gasteiger partial charge in [-0.2, -0.15) is 0 Å². The lowest BCUT2D eigenvalue weighted by Gasteiger charge is -2.03. The maximum atomic E-state index is 9.79. The Hall–Kier alpha value is -0.580. The van der Waals surface area contributed by atoms with E-state index in [4.69, 9.17) is 4.42 Å². The number of hydrogen-bond acceptors (Lipinski definition) is 3. The average Bonchev–Trinajstić information content (AvgIpc) is 2.72. The molecule has 0 aliphatic carbocycles. The molecule has 4 heteroatoms. The molecule has 1 atom stereocenters. The summed E-state index contributed by atoms with van der Waals surface area (Å²) < 4.78 is 6.11. The Kier molecular flexibility index (Phi) is 2.53. The summed E-state index contributed by atoms with van der Waals surface area (Å²) in [5.41, 5.74) is 0. The van der Waals surface area contributed by atoms with Crippen molar-refractivity contribution in [3.05, 3.63) is 45.0 Å². The van der Waals surface area contributed by atoms with Crippen LogP contribution >= 0.6 is 27.3 Å². The van der Waals surface area contributed by atoms with E-state index in [2.05, 4.69) is 15.9 Å². The normalized spacial score (nSPS) is 13.1. The average molecular weight is 259 g/mol. The van der Waals surface area contributed by atoms with Gasteiger partial charge in [0, 0.05) is 4.88 Å². The van der Waals surface area contributed by atoms with E-state index < -0.39 is 6.10 Å². The zero-order valence-corrected chi connectivity index (χ0v) is 9.01. The van der Waals surface area contributed by atoms with Crippen LogP contribution in [0.4, 0.5) is 0 Å². The van der Waals surface area contributed by atoms with Crippen LogP contribution in [0.25, 0.3) is 0 Å². The lowest BCUT2D eigenvalue weighted by molar-refractivity contribution is 0.193. The summed E-state index contributed by atoms with van der Waals surface area (Å²) in [7, 11) is 0. The third-order valence-electron chi connectivity index (χ3n) is 1.68. The topological polar surface area (TPSA) is 33.4 Å². The largest absolute Gasteiger partial charge is 0.466 e. The van der Waals surface area contributed by atoms with Crippen molar-refractivity contribution in [1.82, 2.24) is 0 Å². The van der Waals surface area contributed by atoms with Crippen LogP contribution < -0.4 is 0 Å². The van der Waals surface area contributed by atoms with Crippen LogP contribution in [0.5, 0.6) is 0 Å². The van der Waals surface area contributed by atoms with E-state index in [-0.39, 0.29) is 0 Å². The summed E-state index contributed by atoms with van der Waals surface area (Å²) in [4.78, 5) is 0.877. The molecule has 0 aliphatic heterocycles. The molecule has 1 unspecified atom stereocenters. The van der Waals surface area contributed by atoms with Crippen LogP contribution in [-0.2, 0) is 0 Å². The molecule has 1 N–H and O–H groups in total. The zero-order chi connectivity index (χ0) is 9.26. The van der Waals surface area contributed by atoms with E-state index in [1.54, 1.807) is 18.4 Å². The van der Waals surface area contributed by atoms with Gasteiger partial charge in [-0.1, -0.05) is 0 Å². The molecular weight excluding hydrogens is 252 g/mol. The Labute approximate surface area is 87.9 Å². The number of hydrogen-bond donors (Lipinski definition) is 1. The maximum absolute atomic E-state index is 9.79. The van der Waals surface area contributed by atoms with Crippen LogP contribution in [0.3, 0.4) is 0 Å². The molecule has 2 aromatic rings. The van der Waals surface area contributed by atoms with E-state index >= 15 is 0 Å². The summed E-state index contributed by atoms with van der Waals surface area (Å²) in [6.45, 7) is 0. The third-order valence-corrected chi connectivity index (χ3v) is 3.35. The first-order valence-corrected chi connectivity index (χ1v) is 5.35. The number of aliphatic hydroxyl groups is 1. The monoisotopic (exact) mass is 258 g/mol. The van der Waals surface area contributed by atoms with Crippen molar-refractivity contribution in [1.29, 1.82) is 0 Å². The van der Waals surface area contributed by atoms with Crippen LogP contribution in [0.1, 0.15) is 16.7 Å². The van der Waals surface area contributed by atoms with Crippen molar-refractivity contribution in [2.75, 3.05) is 0 Å². The van der Waals surface area contributed by atoms with Gasteiger partial charge in [0.2, 0.25) is 0 Å². The van der Waals surface area contributed by atoms with Crippen LogP contribution in [-0.4, -0.2) is 5.11 Å². The Balaban J connectivity index is 2.28. The summed E-state index contributed by atoms with van der Waals surface area (Å²) in [6, 6.07) is 7.31. The molecule has 0 radical (unpaired) electrons. The highest BCUT2D eigenvalue weighted by Gasteiger charge is 2.14. The fourth-order valence-electron chi connectivity index (χ4n) is 1.06. The van der Waals surface area contributed by atoms with Gasteiger partial charge >= 0.3 is 0 Å². The SMILES string of the molecule is OC(c1ccco1)c1ccc(Br)s1. The van der Waals surface area contributed by atoms with Crippen LogP contribution in [0.2, 0.25) is 0 Å². The van der Waals surface area contributed by atoms with Gasteiger partial charge in [-0.25, -0.2) is 0 Å². The van der Waals surface area contributed by atoms with Gasteiger partial charge in [0.05, 0.1) is 10.0 Å². The Morgan fingerprint density at radius 3 is 2.77 bits per heavy atom. The number of furan rings is 1. The highest BCUT2D eigenvalue weighted by Crippen LogP contribution is 2.31. The van der Waals surface area contributed by atoms with E-state index in [0.29, 0.717) is 5.76 Å². The van der Waals surface area contributed by atoms with E-state index in [0.717, 1.165) is 8.66 Å². The minimum absolute atomic E-state index is 0.578. The van der Waals surface area contributed by atoms with Gasteiger partial charge < -0.3 is 9.52 Å². The Bertz CT molecular complexity index is 380. The second kappa shape index (κ2) is 3.65. The molecule has 0 fully saturated rings. The predicted octanol–water partition coefficient (Wildman–Crippen LogP) is 3.19. The first-order valence-electron chi connectivity index (χ1n) is 3.74. The second-order valence-electron chi connectivity index (χ2n) is 2.56. The standard InChI is InChI=1S/C9H7BrO2S/c10-8-4-3-7(13-8)9(11)6-2-1-5-12-6/h1-5,9,11H. The molecule has 0 saturated carbocycles. The van der Waals surface area contributed by atoms with Gasteiger partial charge in [-0.3, -0.25) is 0 Å². The molecule has 0 spiro atoms. The maximum Gasteiger partial charge on any atom is 0.146 e.